The van der Waals surface area contributed by atoms with Gasteiger partial charge in [-0.05, 0) is 18.6 Å². The second-order valence-corrected chi connectivity index (χ2v) is 3.45. The maximum atomic E-state index is 5.57. The number of fused-ring (bicyclic) bond motifs is 1. The van der Waals surface area contributed by atoms with Crippen molar-refractivity contribution in [2.24, 2.45) is 5.73 Å². The number of rotatable bonds is 0. The second kappa shape index (κ2) is 3.73. The lowest BCUT2D eigenvalue weighted by Gasteiger charge is -2.01. The van der Waals surface area contributed by atoms with Crippen LogP contribution in [0.4, 0.5) is 0 Å². The Hall–Kier alpha value is -1.46. The third-order valence-corrected chi connectivity index (χ3v) is 2.15. The summed E-state index contributed by atoms with van der Waals surface area (Å²) in [4.78, 5) is 0. The van der Waals surface area contributed by atoms with Crippen LogP contribution in [0.2, 0.25) is 0 Å². The van der Waals surface area contributed by atoms with Gasteiger partial charge in [-0.15, -0.1) is 0 Å². The highest BCUT2D eigenvalue weighted by molar-refractivity contribution is 5.52. The van der Waals surface area contributed by atoms with E-state index in [0.717, 1.165) is 24.3 Å². The van der Waals surface area contributed by atoms with E-state index in [9.17, 15) is 0 Å². The molecule has 0 spiro atoms. The smallest absolute Gasteiger partial charge is 0.138 e. The van der Waals surface area contributed by atoms with Crippen molar-refractivity contribution in [3.05, 3.63) is 29.3 Å². The number of para-hydroxylation sites is 1. The molecule has 1 heterocycles. The summed E-state index contributed by atoms with van der Waals surface area (Å²) in [7, 11) is 0. The Morgan fingerprint density at radius 3 is 3.14 bits per heavy atom. The molecule has 0 saturated heterocycles. The molecule has 1 aliphatic rings. The maximum Gasteiger partial charge on any atom is 0.138 e. The van der Waals surface area contributed by atoms with Crippen molar-refractivity contribution in [2.45, 2.75) is 19.4 Å². The third-order valence-electron chi connectivity index (χ3n) is 2.15. The van der Waals surface area contributed by atoms with Gasteiger partial charge in [0.1, 0.15) is 5.75 Å². The van der Waals surface area contributed by atoms with Gasteiger partial charge < -0.3 is 10.5 Å². The number of benzene rings is 1. The largest absolute Gasteiger partial charge is 0.492 e. The summed E-state index contributed by atoms with van der Waals surface area (Å²) < 4.78 is 5.52. The molecule has 0 bridgehead atoms. The Balaban J connectivity index is 2.37. The first-order valence-corrected chi connectivity index (χ1v) is 4.79. The van der Waals surface area contributed by atoms with Crippen LogP contribution >= 0.6 is 0 Å². The molecule has 0 fully saturated rings. The van der Waals surface area contributed by atoms with Crippen molar-refractivity contribution in [3.63, 3.8) is 0 Å². The number of nitrogens with two attached hydrogens (primary N) is 1. The average Bonchev–Trinajstić information content (AvgIpc) is 2.62. The monoisotopic (exact) mass is 187 g/mol. The molecule has 0 aliphatic carbocycles. The second-order valence-electron chi connectivity index (χ2n) is 3.45. The number of hydrogen-bond donors (Lipinski definition) is 1. The quantitative estimate of drug-likeness (QED) is 0.622. The van der Waals surface area contributed by atoms with Crippen LogP contribution in [0.1, 0.15) is 18.1 Å². The zero-order valence-corrected chi connectivity index (χ0v) is 8.21. The minimum Gasteiger partial charge on any atom is -0.492 e. The summed E-state index contributed by atoms with van der Waals surface area (Å²) in [5.74, 6) is 6.93. The average molecular weight is 187 g/mol. The Labute approximate surface area is 84.1 Å². The van der Waals surface area contributed by atoms with Crippen molar-refractivity contribution in [1.29, 1.82) is 0 Å². The van der Waals surface area contributed by atoms with Crippen LogP contribution in [0.25, 0.3) is 0 Å². The van der Waals surface area contributed by atoms with Crippen molar-refractivity contribution >= 4 is 0 Å². The molecule has 1 aliphatic heterocycles. The summed E-state index contributed by atoms with van der Waals surface area (Å²) in [6, 6.07) is 5.98. The van der Waals surface area contributed by atoms with E-state index in [1.54, 1.807) is 0 Å². The van der Waals surface area contributed by atoms with Crippen molar-refractivity contribution in [1.82, 2.24) is 0 Å². The fourth-order valence-electron chi connectivity index (χ4n) is 1.51. The SMILES string of the molecule is CC(N)C#Cc1cccc2c1OCC2. The molecule has 1 unspecified atom stereocenters. The highest BCUT2D eigenvalue weighted by atomic mass is 16.5. The molecule has 2 heteroatoms. The topological polar surface area (TPSA) is 35.2 Å². The Bertz CT molecular complexity index is 399. The van der Waals surface area contributed by atoms with Gasteiger partial charge in [0.2, 0.25) is 0 Å². The number of hydrogen-bond acceptors (Lipinski definition) is 2. The molecule has 2 rings (SSSR count). The highest BCUT2D eigenvalue weighted by Crippen LogP contribution is 2.28. The normalized spacial score (nSPS) is 15.0. The molecule has 0 radical (unpaired) electrons. The molecule has 2 nitrogen and oxygen atoms in total. The number of ether oxygens (including phenoxy) is 1. The summed E-state index contributed by atoms with van der Waals surface area (Å²) in [5, 5.41) is 0. The molecule has 2 N–H and O–H groups in total. The van der Waals surface area contributed by atoms with Crippen LogP contribution < -0.4 is 10.5 Å². The van der Waals surface area contributed by atoms with Gasteiger partial charge in [0.15, 0.2) is 0 Å². The zero-order valence-electron chi connectivity index (χ0n) is 8.21. The van der Waals surface area contributed by atoms with Gasteiger partial charge in [0.05, 0.1) is 18.2 Å². The van der Waals surface area contributed by atoms with Crippen molar-refractivity contribution in [3.8, 4) is 17.6 Å². The van der Waals surface area contributed by atoms with Crippen LogP contribution in [-0.2, 0) is 6.42 Å². The van der Waals surface area contributed by atoms with Crippen LogP contribution in [0.5, 0.6) is 5.75 Å². The Morgan fingerprint density at radius 1 is 1.50 bits per heavy atom. The molecule has 0 amide bonds. The fourth-order valence-corrected chi connectivity index (χ4v) is 1.51. The molecule has 1 aromatic carbocycles. The van der Waals surface area contributed by atoms with E-state index in [0.29, 0.717) is 0 Å². The highest BCUT2D eigenvalue weighted by Gasteiger charge is 2.14. The minimum atomic E-state index is -0.0905. The summed E-state index contributed by atoms with van der Waals surface area (Å²) in [6.45, 7) is 2.64. The molecule has 1 atom stereocenters. The molecular weight excluding hydrogens is 174 g/mol. The van der Waals surface area contributed by atoms with Crippen LogP contribution in [0, 0.1) is 11.8 Å². The first-order valence-electron chi connectivity index (χ1n) is 4.79. The predicted octanol–water partition coefficient (Wildman–Crippen LogP) is 1.32. The summed E-state index contributed by atoms with van der Waals surface area (Å²) in [5.41, 5.74) is 7.78. The predicted molar refractivity (Wildman–Crippen MR) is 56.2 cm³/mol. The standard InChI is InChI=1S/C12H13NO/c1-9(13)5-6-10-3-2-4-11-7-8-14-12(10)11/h2-4,9H,7-8,13H2,1H3. The van der Waals surface area contributed by atoms with E-state index in [1.807, 2.05) is 19.1 Å². The summed E-state index contributed by atoms with van der Waals surface area (Å²) >= 11 is 0. The third kappa shape index (κ3) is 1.73. The van der Waals surface area contributed by atoms with E-state index in [-0.39, 0.29) is 6.04 Å². The van der Waals surface area contributed by atoms with Gasteiger partial charge >= 0.3 is 0 Å². The fraction of sp³-hybridized carbons (Fsp3) is 0.333. The van der Waals surface area contributed by atoms with Crippen LogP contribution in [0.3, 0.4) is 0 Å². The Morgan fingerprint density at radius 2 is 2.36 bits per heavy atom. The van der Waals surface area contributed by atoms with Gasteiger partial charge in [0.25, 0.3) is 0 Å². The van der Waals surface area contributed by atoms with E-state index in [1.165, 1.54) is 5.56 Å². The first kappa shape index (κ1) is 9.11. The Kier molecular flexibility index (Phi) is 2.43. The lowest BCUT2D eigenvalue weighted by atomic mass is 10.1. The van der Waals surface area contributed by atoms with Crippen molar-refractivity contribution in [2.75, 3.05) is 6.61 Å². The van der Waals surface area contributed by atoms with Gasteiger partial charge in [0, 0.05) is 6.42 Å². The first-order chi connectivity index (χ1) is 6.77. The maximum absolute atomic E-state index is 5.57. The molecule has 72 valence electrons. The van der Waals surface area contributed by atoms with E-state index >= 15 is 0 Å². The van der Waals surface area contributed by atoms with Gasteiger partial charge in [-0.1, -0.05) is 24.0 Å². The van der Waals surface area contributed by atoms with E-state index in [2.05, 4.69) is 17.9 Å². The molecule has 14 heavy (non-hydrogen) atoms. The van der Waals surface area contributed by atoms with E-state index < -0.39 is 0 Å². The zero-order chi connectivity index (χ0) is 9.97. The molecule has 0 aromatic heterocycles. The van der Waals surface area contributed by atoms with E-state index in [4.69, 9.17) is 10.5 Å². The molecule has 0 saturated carbocycles. The van der Waals surface area contributed by atoms with Gasteiger partial charge in [-0.25, -0.2) is 0 Å². The minimum absolute atomic E-state index is 0.0905. The van der Waals surface area contributed by atoms with Crippen LogP contribution in [-0.4, -0.2) is 12.6 Å². The lowest BCUT2D eigenvalue weighted by molar-refractivity contribution is 0.356. The lowest BCUT2D eigenvalue weighted by Crippen LogP contribution is -2.10. The van der Waals surface area contributed by atoms with Gasteiger partial charge in [-0.2, -0.15) is 0 Å². The molecule has 1 aromatic rings. The van der Waals surface area contributed by atoms with Gasteiger partial charge in [-0.3, -0.25) is 0 Å². The van der Waals surface area contributed by atoms with Crippen LogP contribution in [0.15, 0.2) is 18.2 Å². The molecular formula is C12H13NO. The van der Waals surface area contributed by atoms with Crippen molar-refractivity contribution < 1.29 is 4.74 Å². The summed E-state index contributed by atoms with van der Waals surface area (Å²) in [6.07, 6.45) is 0.989.